The fraction of sp³-hybridized carbons (Fsp3) is 0.667. The topological polar surface area (TPSA) is 105 Å². The molecule has 2 aliphatic heterocycles. The van der Waals surface area contributed by atoms with E-state index in [0.717, 1.165) is 42.7 Å². The summed E-state index contributed by atoms with van der Waals surface area (Å²) in [7, 11) is 0. The molecule has 46 heavy (non-hydrogen) atoms. The second-order valence-corrected chi connectivity index (χ2v) is 13.0. The van der Waals surface area contributed by atoms with E-state index in [1.165, 1.54) is 12.5 Å². The molecule has 5 atom stereocenters. The smallest absolute Gasteiger partial charge is 0.157 e. The molecule has 5 rings (SSSR count). The molecule has 3 N–H and O–H groups in total. The van der Waals surface area contributed by atoms with Crippen LogP contribution in [-0.4, -0.2) is 64.6 Å². The number of ether oxygens (including phenoxy) is 3. The Morgan fingerprint density at radius 3 is 2.41 bits per heavy atom. The Kier molecular flexibility index (Phi) is 16.4. The van der Waals surface area contributed by atoms with Crippen molar-refractivity contribution in [2.24, 2.45) is 10.9 Å². The van der Waals surface area contributed by atoms with Crippen LogP contribution in [0.3, 0.4) is 0 Å². The van der Waals surface area contributed by atoms with Gasteiger partial charge in [0.15, 0.2) is 5.82 Å². The minimum atomic E-state index is -0.816. The number of halogens is 2. The molecule has 0 amide bonds. The number of anilines is 1. The molecule has 1 aromatic carbocycles. The van der Waals surface area contributed by atoms with Crippen LogP contribution in [0, 0.1) is 18.7 Å². The Labute approximate surface area is 281 Å². The molecule has 10 heteroatoms. The zero-order valence-electron chi connectivity index (χ0n) is 29.5. The summed E-state index contributed by atoms with van der Waals surface area (Å²) in [4.78, 5) is 9.18. The highest BCUT2D eigenvalue weighted by molar-refractivity contribution is 6.33. The first-order valence-electron chi connectivity index (χ1n) is 16.8. The van der Waals surface area contributed by atoms with Crippen LogP contribution in [0.15, 0.2) is 23.2 Å². The van der Waals surface area contributed by atoms with Crippen molar-refractivity contribution in [2.45, 2.75) is 131 Å². The van der Waals surface area contributed by atoms with E-state index in [1.807, 2.05) is 46.8 Å². The van der Waals surface area contributed by atoms with Gasteiger partial charge in [0.05, 0.1) is 42.6 Å². The number of rotatable bonds is 8. The highest BCUT2D eigenvalue weighted by atomic mass is 35.5. The number of fused-ring (bicyclic) bond motifs is 2. The van der Waals surface area contributed by atoms with E-state index in [0.29, 0.717) is 53.5 Å². The Morgan fingerprint density at radius 1 is 1.15 bits per heavy atom. The van der Waals surface area contributed by atoms with Crippen LogP contribution in [0.1, 0.15) is 111 Å². The van der Waals surface area contributed by atoms with Gasteiger partial charge in [0.25, 0.3) is 0 Å². The predicted molar refractivity (Wildman–Crippen MR) is 187 cm³/mol. The number of aliphatic hydroxyl groups excluding tert-OH is 1. The van der Waals surface area contributed by atoms with Crippen LogP contribution < -0.4 is 10.1 Å². The first-order chi connectivity index (χ1) is 21.8. The molecule has 2 fully saturated rings. The number of benzene rings is 1. The van der Waals surface area contributed by atoms with Crippen LogP contribution in [0.2, 0.25) is 5.02 Å². The third-order valence-electron chi connectivity index (χ3n) is 7.76. The highest BCUT2D eigenvalue weighted by Crippen LogP contribution is 2.39. The Morgan fingerprint density at radius 2 is 1.80 bits per heavy atom. The highest BCUT2D eigenvalue weighted by Gasteiger charge is 2.44. The summed E-state index contributed by atoms with van der Waals surface area (Å²) in [6.45, 7) is 21.2. The van der Waals surface area contributed by atoms with E-state index in [-0.39, 0.29) is 24.1 Å². The second-order valence-electron chi connectivity index (χ2n) is 12.6. The van der Waals surface area contributed by atoms with Gasteiger partial charge >= 0.3 is 0 Å². The molecule has 3 heterocycles. The summed E-state index contributed by atoms with van der Waals surface area (Å²) >= 11 is 6.43. The van der Waals surface area contributed by atoms with Crippen LogP contribution in [-0.2, 0) is 15.9 Å². The van der Waals surface area contributed by atoms with Gasteiger partial charge in [-0.15, -0.1) is 0 Å². The molecule has 2 aromatic rings. The monoisotopic (exact) mass is 665 g/mol. The number of aryl methyl sites for hydroxylation is 2. The normalized spacial score (nSPS) is 23.2. The van der Waals surface area contributed by atoms with E-state index in [1.54, 1.807) is 13.8 Å². The first kappa shape index (κ1) is 39.9. The van der Waals surface area contributed by atoms with Crippen molar-refractivity contribution < 1.29 is 28.8 Å². The lowest BCUT2D eigenvalue weighted by molar-refractivity contribution is 0.0173. The van der Waals surface area contributed by atoms with Crippen molar-refractivity contribution in [1.29, 1.82) is 0 Å². The number of hydrogen-bond acceptors (Lipinski definition) is 8. The predicted octanol–water partition coefficient (Wildman–Crippen LogP) is 8.55. The maximum atomic E-state index is 15.0. The summed E-state index contributed by atoms with van der Waals surface area (Å²) < 4.78 is 31.3. The zero-order valence-corrected chi connectivity index (χ0v) is 30.3. The summed E-state index contributed by atoms with van der Waals surface area (Å²) in [5, 5.41) is 22.9. The fourth-order valence-corrected chi connectivity index (χ4v) is 5.48. The van der Waals surface area contributed by atoms with E-state index in [2.05, 4.69) is 36.1 Å². The average Bonchev–Trinajstić information content (AvgIpc) is 3.69. The lowest BCUT2D eigenvalue weighted by Gasteiger charge is -2.19. The van der Waals surface area contributed by atoms with E-state index >= 15 is 0 Å². The molecular weight excluding hydrogens is 609 g/mol. The Hall–Kier alpha value is -2.30. The number of nitrogens with zero attached hydrogens (tertiary/aromatic N) is 2. The van der Waals surface area contributed by atoms with Gasteiger partial charge in [-0.25, -0.2) is 14.4 Å². The molecular formula is C36H57ClFN3O5. The lowest BCUT2D eigenvalue weighted by atomic mass is 10.0. The maximum Gasteiger partial charge on any atom is 0.157 e. The molecule has 1 aromatic heterocycles. The van der Waals surface area contributed by atoms with Crippen molar-refractivity contribution in [2.75, 3.05) is 25.1 Å². The van der Waals surface area contributed by atoms with Gasteiger partial charge in [0.2, 0.25) is 0 Å². The lowest BCUT2D eigenvalue weighted by Crippen LogP contribution is -2.28. The van der Waals surface area contributed by atoms with E-state index < -0.39 is 11.7 Å². The quantitative estimate of drug-likeness (QED) is 0.243. The third-order valence-corrected chi connectivity index (χ3v) is 8.04. The van der Waals surface area contributed by atoms with Crippen molar-refractivity contribution >= 4 is 28.9 Å². The summed E-state index contributed by atoms with van der Waals surface area (Å²) in [6.07, 6.45) is 3.73. The molecule has 3 unspecified atom stereocenters. The number of pyridine rings is 1. The summed E-state index contributed by atoms with van der Waals surface area (Å²) in [5.41, 5.74) is 2.61. The number of nitrogens with one attached hydrogen (secondary N) is 1. The van der Waals surface area contributed by atoms with Gasteiger partial charge in [-0.1, -0.05) is 59.6 Å². The molecule has 0 saturated carbocycles. The fourth-order valence-electron chi connectivity index (χ4n) is 5.21. The zero-order chi connectivity index (χ0) is 34.6. The van der Waals surface area contributed by atoms with Crippen molar-refractivity contribution in [3.63, 3.8) is 0 Å². The number of aliphatic imine (C=N–C) groups is 1. The Balaban J connectivity index is 0.000000403. The van der Waals surface area contributed by atoms with Crippen molar-refractivity contribution in [1.82, 2.24) is 4.98 Å². The van der Waals surface area contributed by atoms with Gasteiger partial charge in [-0.05, 0) is 70.2 Å². The molecule has 0 spiro atoms. The van der Waals surface area contributed by atoms with Gasteiger partial charge in [0.1, 0.15) is 29.6 Å². The molecule has 260 valence electrons. The molecule has 3 aliphatic rings. The summed E-state index contributed by atoms with van der Waals surface area (Å²) in [6, 6.07) is 4.91. The molecule has 2 saturated heterocycles. The van der Waals surface area contributed by atoms with Crippen LogP contribution in [0.5, 0.6) is 5.75 Å². The minimum absolute atomic E-state index is 0.0463. The standard InChI is InChI=1S/C24H31ClFN3O2.C7H12O3.C3H8.C2H6/c1-6-15(3)27-22-14(2)11-18(25)23(29-22)28-20-8-7-16-12-17(13-19(26)21(16)20)31-10-9-24(4,5)30;1-4-2-9-7-5(8)3-10-6(4)7;1-3-2;1-2/h11-13,20,30H,6-10H2,1-5H3,(H,28,29);4-8H,2-3H2,1H3;3H2,1-2H3;1-2H3/t;4?,5?,6-,7-;;/m.1../s1. The van der Waals surface area contributed by atoms with Crippen molar-refractivity contribution in [3.05, 3.63) is 45.7 Å². The number of hydrogen-bond donors (Lipinski definition) is 3. The van der Waals surface area contributed by atoms with E-state index in [9.17, 15) is 14.6 Å². The largest absolute Gasteiger partial charge is 0.493 e. The van der Waals surface area contributed by atoms with Gasteiger partial charge in [-0.3, -0.25) is 0 Å². The van der Waals surface area contributed by atoms with Gasteiger partial charge < -0.3 is 29.7 Å². The summed E-state index contributed by atoms with van der Waals surface area (Å²) in [5.74, 6) is 1.76. The van der Waals surface area contributed by atoms with E-state index in [4.69, 9.17) is 25.8 Å². The molecule has 0 radical (unpaired) electrons. The number of aromatic nitrogens is 1. The Bertz CT molecular complexity index is 1250. The first-order valence-corrected chi connectivity index (χ1v) is 17.2. The minimum Gasteiger partial charge on any atom is -0.493 e. The second kappa shape index (κ2) is 18.9. The van der Waals surface area contributed by atoms with Gasteiger partial charge in [0, 0.05) is 29.7 Å². The van der Waals surface area contributed by atoms with Crippen LogP contribution in [0.25, 0.3) is 0 Å². The average molecular weight is 666 g/mol. The van der Waals surface area contributed by atoms with Gasteiger partial charge in [-0.2, -0.15) is 0 Å². The molecule has 1 aliphatic carbocycles. The third kappa shape index (κ3) is 11.4. The number of aliphatic hydroxyl groups is 2. The maximum absolute atomic E-state index is 15.0. The SMILES string of the molecule is CC.CC1CO[C@@H]2C(O)CO[C@H]12.CCC.CCC(C)=Nc1nc(NC2CCc3cc(OCCC(C)(C)O)cc(F)c32)c(Cl)cc1C. The van der Waals surface area contributed by atoms with Crippen LogP contribution in [0.4, 0.5) is 16.0 Å². The molecule has 0 bridgehead atoms. The van der Waals surface area contributed by atoms with Crippen molar-refractivity contribution in [3.8, 4) is 5.75 Å². The van der Waals surface area contributed by atoms with Crippen LogP contribution >= 0.6 is 11.6 Å². The molecule has 8 nitrogen and oxygen atoms in total.